The molecule has 1 aromatic carbocycles. The van der Waals surface area contributed by atoms with Gasteiger partial charge in [-0.2, -0.15) is 0 Å². The lowest BCUT2D eigenvalue weighted by atomic mass is 10.0. The first-order valence-electron chi connectivity index (χ1n) is 7.19. The van der Waals surface area contributed by atoms with Crippen molar-refractivity contribution in [1.29, 1.82) is 0 Å². The van der Waals surface area contributed by atoms with Crippen LogP contribution in [0.15, 0.2) is 24.3 Å². The molecule has 0 aliphatic carbocycles. The van der Waals surface area contributed by atoms with E-state index in [-0.39, 0.29) is 18.3 Å². The molecule has 1 rings (SSSR count). The van der Waals surface area contributed by atoms with Gasteiger partial charge in [0, 0.05) is 6.54 Å². The maximum Gasteiger partial charge on any atom is 0.236 e. The van der Waals surface area contributed by atoms with E-state index in [9.17, 15) is 4.79 Å². The molecule has 5 heteroatoms. The molecule has 4 nitrogen and oxygen atoms in total. The zero-order valence-electron chi connectivity index (χ0n) is 13.1. The number of carbonyl (C=O) groups is 1. The molecule has 1 atom stereocenters. The molecule has 0 saturated heterocycles. The third kappa shape index (κ3) is 7.93. The lowest BCUT2D eigenvalue weighted by Gasteiger charge is -2.14. The molecule has 0 saturated carbocycles. The Morgan fingerprint density at radius 2 is 2.10 bits per heavy atom. The summed E-state index contributed by atoms with van der Waals surface area (Å²) in [4.78, 5) is 11.7. The van der Waals surface area contributed by atoms with Crippen LogP contribution in [0.3, 0.4) is 0 Å². The number of hydrogen-bond acceptors (Lipinski definition) is 3. The van der Waals surface area contributed by atoms with E-state index >= 15 is 0 Å². The predicted octanol–water partition coefficient (Wildman–Crippen LogP) is 2.54. The van der Waals surface area contributed by atoms with Gasteiger partial charge in [-0.25, -0.2) is 0 Å². The molecule has 0 unspecified atom stereocenters. The fraction of sp³-hybridized carbons (Fsp3) is 0.562. The zero-order chi connectivity index (χ0) is 15.0. The summed E-state index contributed by atoms with van der Waals surface area (Å²) in [6.07, 6.45) is 2.53. The van der Waals surface area contributed by atoms with Crippen LogP contribution in [0.1, 0.15) is 32.3 Å². The van der Waals surface area contributed by atoms with Gasteiger partial charge in [-0.1, -0.05) is 26.0 Å². The molecule has 0 heterocycles. The van der Waals surface area contributed by atoms with Crippen LogP contribution >= 0.6 is 12.4 Å². The number of aryl methyl sites for hydroxylation is 1. The molecule has 0 fully saturated rings. The first kappa shape index (κ1) is 19.7. The quantitative estimate of drug-likeness (QED) is 0.725. The van der Waals surface area contributed by atoms with Gasteiger partial charge in [-0.15, -0.1) is 12.4 Å². The van der Waals surface area contributed by atoms with Gasteiger partial charge in [0.1, 0.15) is 5.75 Å². The third-order valence-corrected chi connectivity index (χ3v) is 3.14. The molecule has 0 aliphatic rings. The molecule has 0 radical (unpaired) electrons. The largest absolute Gasteiger partial charge is 0.497 e. The highest BCUT2D eigenvalue weighted by molar-refractivity contribution is 5.85. The van der Waals surface area contributed by atoms with Gasteiger partial charge in [-0.3, -0.25) is 4.79 Å². The highest BCUT2D eigenvalue weighted by atomic mass is 35.5. The average Bonchev–Trinajstić information content (AvgIpc) is 2.42. The number of ether oxygens (including phenoxy) is 1. The van der Waals surface area contributed by atoms with Crippen molar-refractivity contribution in [3.63, 3.8) is 0 Å². The van der Waals surface area contributed by atoms with Crippen molar-refractivity contribution in [2.24, 2.45) is 11.7 Å². The Morgan fingerprint density at radius 3 is 2.71 bits per heavy atom. The van der Waals surface area contributed by atoms with E-state index < -0.39 is 6.04 Å². The lowest BCUT2D eigenvalue weighted by Crippen LogP contribution is -2.41. The minimum atomic E-state index is -0.396. The van der Waals surface area contributed by atoms with E-state index in [0.717, 1.165) is 25.0 Å². The SMILES string of the molecule is COc1cccc(CCCNC(=O)[C@@H](N)CC(C)C)c1.Cl. The molecule has 0 spiro atoms. The minimum absolute atomic E-state index is 0. The topological polar surface area (TPSA) is 64.3 Å². The second kappa shape index (κ2) is 10.5. The Kier molecular flexibility index (Phi) is 9.84. The number of hydrogen-bond donors (Lipinski definition) is 2. The van der Waals surface area contributed by atoms with Gasteiger partial charge in [0.15, 0.2) is 0 Å². The van der Waals surface area contributed by atoms with Crippen molar-refractivity contribution in [3.05, 3.63) is 29.8 Å². The maximum absolute atomic E-state index is 11.7. The summed E-state index contributed by atoms with van der Waals surface area (Å²) < 4.78 is 5.18. The molecule has 0 aliphatic heterocycles. The molecular weight excluding hydrogens is 288 g/mol. The molecule has 0 bridgehead atoms. The van der Waals surface area contributed by atoms with Crippen LogP contribution in [0.2, 0.25) is 0 Å². The molecule has 0 aromatic heterocycles. The van der Waals surface area contributed by atoms with Gasteiger partial charge >= 0.3 is 0 Å². The predicted molar refractivity (Wildman–Crippen MR) is 89.0 cm³/mol. The number of rotatable bonds is 8. The standard InChI is InChI=1S/C16H26N2O2.ClH/c1-12(2)10-15(17)16(19)18-9-5-7-13-6-4-8-14(11-13)20-3;/h4,6,8,11-12,15H,5,7,9-10,17H2,1-3H3,(H,18,19);1H/t15-;/m0./s1. The van der Waals surface area contributed by atoms with Gasteiger partial charge in [0.05, 0.1) is 13.2 Å². The first-order valence-corrected chi connectivity index (χ1v) is 7.19. The van der Waals surface area contributed by atoms with Crippen molar-refractivity contribution in [2.75, 3.05) is 13.7 Å². The molecule has 3 N–H and O–H groups in total. The van der Waals surface area contributed by atoms with Crippen LogP contribution in [-0.4, -0.2) is 25.6 Å². The molecule has 1 amide bonds. The Hall–Kier alpha value is -1.26. The van der Waals surface area contributed by atoms with Crippen LogP contribution in [0.5, 0.6) is 5.75 Å². The van der Waals surface area contributed by atoms with Crippen LogP contribution in [0.25, 0.3) is 0 Å². The van der Waals surface area contributed by atoms with E-state index in [2.05, 4.69) is 25.2 Å². The smallest absolute Gasteiger partial charge is 0.236 e. The number of halogens is 1. The van der Waals surface area contributed by atoms with E-state index in [1.807, 2.05) is 18.2 Å². The number of amides is 1. The number of carbonyl (C=O) groups excluding carboxylic acids is 1. The minimum Gasteiger partial charge on any atom is -0.497 e. The highest BCUT2D eigenvalue weighted by Crippen LogP contribution is 2.13. The second-order valence-electron chi connectivity index (χ2n) is 5.48. The summed E-state index contributed by atoms with van der Waals surface area (Å²) in [6.45, 7) is 4.79. The summed E-state index contributed by atoms with van der Waals surface area (Å²) in [5.74, 6) is 1.25. The Labute approximate surface area is 133 Å². The van der Waals surface area contributed by atoms with Gasteiger partial charge in [0.25, 0.3) is 0 Å². The van der Waals surface area contributed by atoms with E-state index in [1.165, 1.54) is 5.56 Å². The van der Waals surface area contributed by atoms with Gasteiger partial charge < -0.3 is 15.8 Å². The summed E-state index contributed by atoms with van der Waals surface area (Å²) in [7, 11) is 1.66. The molecular formula is C16H27ClN2O2. The monoisotopic (exact) mass is 314 g/mol. The maximum atomic E-state index is 11.7. The van der Waals surface area contributed by atoms with Crippen LogP contribution in [0.4, 0.5) is 0 Å². The zero-order valence-corrected chi connectivity index (χ0v) is 13.9. The Morgan fingerprint density at radius 1 is 1.38 bits per heavy atom. The fourth-order valence-electron chi connectivity index (χ4n) is 2.08. The van der Waals surface area contributed by atoms with Crippen molar-refractivity contribution in [2.45, 2.75) is 39.2 Å². The Bertz CT molecular complexity index is 424. The highest BCUT2D eigenvalue weighted by Gasteiger charge is 2.13. The number of benzene rings is 1. The van der Waals surface area contributed by atoms with Crippen molar-refractivity contribution >= 4 is 18.3 Å². The summed E-state index contributed by atoms with van der Waals surface area (Å²) >= 11 is 0. The number of methoxy groups -OCH3 is 1. The van der Waals surface area contributed by atoms with Crippen LogP contribution < -0.4 is 15.8 Å². The van der Waals surface area contributed by atoms with Crippen LogP contribution in [-0.2, 0) is 11.2 Å². The van der Waals surface area contributed by atoms with E-state index in [1.54, 1.807) is 7.11 Å². The number of nitrogens with two attached hydrogens (primary N) is 1. The normalized spacial score (nSPS) is 11.7. The molecule has 120 valence electrons. The number of nitrogens with one attached hydrogen (secondary N) is 1. The first-order chi connectivity index (χ1) is 9.52. The van der Waals surface area contributed by atoms with Crippen molar-refractivity contribution in [3.8, 4) is 5.75 Å². The summed E-state index contributed by atoms with van der Waals surface area (Å²) in [5.41, 5.74) is 7.03. The molecule has 1 aromatic rings. The van der Waals surface area contributed by atoms with Crippen molar-refractivity contribution in [1.82, 2.24) is 5.32 Å². The van der Waals surface area contributed by atoms with Gasteiger partial charge in [-0.05, 0) is 42.9 Å². The fourth-order valence-corrected chi connectivity index (χ4v) is 2.08. The Balaban J connectivity index is 0.00000400. The van der Waals surface area contributed by atoms with E-state index in [4.69, 9.17) is 10.5 Å². The third-order valence-electron chi connectivity index (χ3n) is 3.14. The lowest BCUT2D eigenvalue weighted by molar-refractivity contribution is -0.122. The second-order valence-corrected chi connectivity index (χ2v) is 5.48. The summed E-state index contributed by atoms with van der Waals surface area (Å²) in [5, 5.41) is 2.89. The summed E-state index contributed by atoms with van der Waals surface area (Å²) in [6, 6.07) is 7.59. The molecule has 21 heavy (non-hydrogen) atoms. The van der Waals surface area contributed by atoms with Crippen molar-refractivity contribution < 1.29 is 9.53 Å². The van der Waals surface area contributed by atoms with E-state index in [0.29, 0.717) is 12.5 Å². The average molecular weight is 315 g/mol. The van der Waals surface area contributed by atoms with Crippen LogP contribution in [0, 0.1) is 5.92 Å². The van der Waals surface area contributed by atoms with Gasteiger partial charge in [0.2, 0.25) is 5.91 Å².